The third-order valence-corrected chi connectivity index (χ3v) is 1.94. The lowest BCUT2D eigenvalue weighted by molar-refractivity contribution is -0.148. The summed E-state index contributed by atoms with van der Waals surface area (Å²) in [5.41, 5.74) is 5.91. The van der Waals surface area contributed by atoms with Gasteiger partial charge in [-0.2, -0.15) is 0 Å². The summed E-state index contributed by atoms with van der Waals surface area (Å²) < 4.78 is 9.92. The molecule has 17 heavy (non-hydrogen) atoms. The van der Waals surface area contributed by atoms with E-state index in [-0.39, 0.29) is 19.6 Å². The van der Waals surface area contributed by atoms with E-state index < -0.39 is 11.9 Å². The number of amides is 1. The molecule has 0 saturated heterocycles. The van der Waals surface area contributed by atoms with Crippen LogP contribution in [0.3, 0.4) is 0 Å². The molecule has 0 aliphatic heterocycles. The van der Waals surface area contributed by atoms with Crippen LogP contribution in [-0.2, 0) is 14.3 Å². The van der Waals surface area contributed by atoms with Crippen molar-refractivity contribution in [3.63, 3.8) is 0 Å². The van der Waals surface area contributed by atoms with Gasteiger partial charge in [-0.1, -0.05) is 12.1 Å². The number of hydrogen-bond donors (Lipinski definition) is 1. The average molecular weight is 237 g/mol. The highest BCUT2D eigenvalue weighted by molar-refractivity contribution is 5.78. The Bertz CT molecular complexity index is 403. The normalized spacial score (nSPS) is 9.71. The Morgan fingerprint density at radius 1 is 1.35 bits per heavy atom. The Kier molecular flexibility index (Phi) is 5.00. The standard InChI is InChI=1S/C12H15NO4/c1-9-3-2-4-10(7-9)16-6-5-12(15)17-8-11(13)14/h2-4,7H,5-6,8H2,1H3,(H2,13,14). The van der Waals surface area contributed by atoms with Gasteiger partial charge in [0.25, 0.3) is 5.91 Å². The number of benzene rings is 1. The first kappa shape index (κ1) is 13.0. The Morgan fingerprint density at radius 3 is 2.76 bits per heavy atom. The van der Waals surface area contributed by atoms with Crippen LogP contribution in [0.2, 0.25) is 0 Å². The molecule has 92 valence electrons. The van der Waals surface area contributed by atoms with E-state index >= 15 is 0 Å². The lowest BCUT2D eigenvalue weighted by Crippen LogP contribution is -2.21. The van der Waals surface area contributed by atoms with Crippen molar-refractivity contribution in [3.05, 3.63) is 29.8 Å². The molecule has 0 aromatic heterocycles. The molecule has 1 aromatic rings. The lowest BCUT2D eigenvalue weighted by atomic mass is 10.2. The van der Waals surface area contributed by atoms with Crippen molar-refractivity contribution in [3.8, 4) is 5.75 Å². The maximum absolute atomic E-state index is 11.1. The smallest absolute Gasteiger partial charge is 0.309 e. The Morgan fingerprint density at radius 2 is 2.12 bits per heavy atom. The quantitative estimate of drug-likeness (QED) is 0.742. The van der Waals surface area contributed by atoms with Gasteiger partial charge in [-0.15, -0.1) is 0 Å². The molecule has 5 nitrogen and oxygen atoms in total. The molecule has 5 heteroatoms. The first-order chi connectivity index (χ1) is 8.08. The maximum atomic E-state index is 11.1. The van der Waals surface area contributed by atoms with Crippen molar-refractivity contribution in [2.75, 3.05) is 13.2 Å². The van der Waals surface area contributed by atoms with Crippen LogP contribution in [0.1, 0.15) is 12.0 Å². The van der Waals surface area contributed by atoms with Gasteiger partial charge in [0.1, 0.15) is 5.75 Å². The summed E-state index contributed by atoms with van der Waals surface area (Å²) in [5.74, 6) is -0.470. The number of primary amides is 1. The van der Waals surface area contributed by atoms with Crippen molar-refractivity contribution in [1.82, 2.24) is 0 Å². The fourth-order valence-electron chi connectivity index (χ4n) is 1.18. The summed E-state index contributed by atoms with van der Waals surface area (Å²) >= 11 is 0. The lowest BCUT2D eigenvalue weighted by Gasteiger charge is -2.06. The Balaban J connectivity index is 2.23. The minimum atomic E-state index is -0.669. The minimum absolute atomic E-state index is 0.0845. The summed E-state index contributed by atoms with van der Waals surface area (Å²) in [5, 5.41) is 0. The van der Waals surface area contributed by atoms with E-state index in [1.165, 1.54) is 0 Å². The molecule has 0 saturated carbocycles. The van der Waals surface area contributed by atoms with Crippen molar-refractivity contribution >= 4 is 11.9 Å². The van der Waals surface area contributed by atoms with Crippen LogP contribution in [0.5, 0.6) is 5.75 Å². The molecule has 0 aliphatic rings. The fourth-order valence-corrected chi connectivity index (χ4v) is 1.18. The monoisotopic (exact) mass is 237 g/mol. The van der Waals surface area contributed by atoms with Gasteiger partial charge >= 0.3 is 5.97 Å². The number of carbonyl (C=O) groups is 2. The van der Waals surface area contributed by atoms with E-state index in [0.717, 1.165) is 5.56 Å². The van der Waals surface area contributed by atoms with E-state index in [2.05, 4.69) is 4.74 Å². The highest BCUT2D eigenvalue weighted by Gasteiger charge is 2.05. The molecule has 1 rings (SSSR count). The number of hydrogen-bond acceptors (Lipinski definition) is 4. The number of rotatable bonds is 6. The number of ether oxygens (including phenoxy) is 2. The van der Waals surface area contributed by atoms with Crippen molar-refractivity contribution in [1.29, 1.82) is 0 Å². The molecule has 2 N–H and O–H groups in total. The Hall–Kier alpha value is -2.04. The van der Waals surface area contributed by atoms with E-state index in [1.807, 2.05) is 31.2 Å². The van der Waals surface area contributed by atoms with Crippen molar-refractivity contribution in [2.24, 2.45) is 5.73 Å². The maximum Gasteiger partial charge on any atom is 0.309 e. The topological polar surface area (TPSA) is 78.6 Å². The molecule has 0 bridgehead atoms. The number of esters is 1. The minimum Gasteiger partial charge on any atom is -0.493 e. The van der Waals surface area contributed by atoms with Gasteiger partial charge in [-0.25, -0.2) is 0 Å². The van der Waals surface area contributed by atoms with Gasteiger partial charge in [0.05, 0.1) is 13.0 Å². The zero-order valence-corrected chi connectivity index (χ0v) is 9.64. The van der Waals surface area contributed by atoms with Crippen LogP contribution in [-0.4, -0.2) is 25.1 Å². The summed E-state index contributed by atoms with van der Waals surface area (Å²) in [6.07, 6.45) is 0.0845. The van der Waals surface area contributed by atoms with Crippen LogP contribution in [0, 0.1) is 6.92 Å². The zero-order valence-electron chi connectivity index (χ0n) is 9.64. The van der Waals surface area contributed by atoms with Crippen LogP contribution < -0.4 is 10.5 Å². The van der Waals surface area contributed by atoms with Gasteiger partial charge in [-0.3, -0.25) is 9.59 Å². The van der Waals surface area contributed by atoms with Crippen LogP contribution >= 0.6 is 0 Å². The van der Waals surface area contributed by atoms with Gasteiger partial charge in [0, 0.05) is 0 Å². The van der Waals surface area contributed by atoms with E-state index in [9.17, 15) is 9.59 Å². The van der Waals surface area contributed by atoms with E-state index in [1.54, 1.807) is 0 Å². The summed E-state index contributed by atoms with van der Waals surface area (Å²) in [4.78, 5) is 21.4. The van der Waals surface area contributed by atoms with Gasteiger partial charge < -0.3 is 15.2 Å². The number of carbonyl (C=O) groups excluding carboxylic acids is 2. The molecule has 0 spiro atoms. The molecule has 0 aliphatic carbocycles. The largest absolute Gasteiger partial charge is 0.493 e. The predicted molar refractivity (Wildman–Crippen MR) is 61.4 cm³/mol. The SMILES string of the molecule is Cc1cccc(OCCC(=O)OCC(N)=O)c1. The molecule has 1 aromatic carbocycles. The molecule has 0 heterocycles. The summed E-state index contributed by atoms with van der Waals surface area (Å²) in [7, 11) is 0. The predicted octanol–water partition coefficient (Wildman–Crippen LogP) is 0.792. The highest BCUT2D eigenvalue weighted by Crippen LogP contribution is 2.12. The van der Waals surface area contributed by atoms with Crippen LogP contribution in [0.25, 0.3) is 0 Å². The number of aryl methyl sites for hydroxylation is 1. The molecule has 0 unspecified atom stereocenters. The second-order valence-electron chi connectivity index (χ2n) is 3.54. The molecular weight excluding hydrogens is 222 g/mol. The summed E-state index contributed by atoms with van der Waals surface area (Å²) in [6.45, 7) is 1.78. The molecule has 1 amide bonds. The van der Waals surface area contributed by atoms with E-state index in [0.29, 0.717) is 5.75 Å². The second-order valence-corrected chi connectivity index (χ2v) is 3.54. The van der Waals surface area contributed by atoms with Crippen LogP contribution in [0.4, 0.5) is 0 Å². The zero-order chi connectivity index (χ0) is 12.7. The van der Waals surface area contributed by atoms with Gasteiger partial charge in [0.2, 0.25) is 0 Å². The fraction of sp³-hybridized carbons (Fsp3) is 0.333. The third kappa shape index (κ3) is 5.55. The van der Waals surface area contributed by atoms with Gasteiger partial charge in [-0.05, 0) is 24.6 Å². The van der Waals surface area contributed by atoms with Crippen molar-refractivity contribution < 1.29 is 19.1 Å². The highest BCUT2D eigenvalue weighted by atomic mass is 16.5. The molecular formula is C12H15NO4. The average Bonchev–Trinajstić information content (AvgIpc) is 2.26. The van der Waals surface area contributed by atoms with Gasteiger partial charge in [0.15, 0.2) is 6.61 Å². The Labute approximate surface area is 99.5 Å². The first-order valence-corrected chi connectivity index (χ1v) is 5.21. The first-order valence-electron chi connectivity index (χ1n) is 5.21. The van der Waals surface area contributed by atoms with Crippen LogP contribution in [0.15, 0.2) is 24.3 Å². The summed E-state index contributed by atoms with van der Waals surface area (Å²) in [6, 6.07) is 7.50. The third-order valence-electron chi connectivity index (χ3n) is 1.94. The van der Waals surface area contributed by atoms with Crippen molar-refractivity contribution in [2.45, 2.75) is 13.3 Å². The number of nitrogens with two attached hydrogens (primary N) is 1. The van der Waals surface area contributed by atoms with E-state index in [4.69, 9.17) is 10.5 Å². The molecule has 0 atom stereocenters. The second kappa shape index (κ2) is 6.52. The molecule has 0 radical (unpaired) electrons. The molecule has 0 fully saturated rings.